The number of carboxylic acids is 1. The molecule has 0 amide bonds. The quantitative estimate of drug-likeness (QED) is 0.777. The first kappa shape index (κ1) is 14.8. The van der Waals surface area contributed by atoms with Crippen LogP contribution < -0.4 is 0 Å². The van der Waals surface area contributed by atoms with Gasteiger partial charge in [0.25, 0.3) is 0 Å². The standard InChI is InChI=1S/C14H26N2O3/c1-19-11-13(14(17)18)16-8-4-12(5-9-16)10-15-6-2-3-7-15/h12-13H,2-11H2,1H3,(H,17,18). The lowest BCUT2D eigenvalue weighted by Gasteiger charge is -2.36. The predicted molar refractivity (Wildman–Crippen MR) is 73.3 cm³/mol. The van der Waals surface area contributed by atoms with Crippen molar-refractivity contribution in [3.63, 3.8) is 0 Å². The molecule has 2 fully saturated rings. The molecule has 0 saturated carbocycles. The van der Waals surface area contributed by atoms with Crippen LogP contribution in [0.25, 0.3) is 0 Å². The maximum absolute atomic E-state index is 11.2. The maximum atomic E-state index is 11.2. The predicted octanol–water partition coefficient (Wildman–Crippen LogP) is 0.894. The van der Waals surface area contributed by atoms with E-state index in [9.17, 15) is 9.90 Å². The summed E-state index contributed by atoms with van der Waals surface area (Å²) < 4.78 is 5.02. The molecule has 0 radical (unpaired) electrons. The van der Waals surface area contributed by atoms with E-state index in [0.29, 0.717) is 0 Å². The number of hydrogen-bond donors (Lipinski definition) is 1. The smallest absolute Gasteiger partial charge is 0.323 e. The summed E-state index contributed by atoms with van der Waals surface area (Å²) in [6, 6.07) is -0.474. The molecule has 110 valence electrons. The second kappa shape index (κ2) is 7.22. The van der Waals surface area contributed by atoms with E-state index in [1.807, 2.05) is 0 Å². The molecule has 0 aromatic carbocycles. The summed E-state index contributed by atoms with van der Waals surface area (Å²) in [5.41, 5.74) is 0. The van der Waals surface area contributed by atoms with Crippen molar-refractivity contribution in [3.8, 4) is 0 Å². The van der Waals surface area contributed by atoms with Crippen LogP contribution in [0, 0.1) is 5.92 Å². The summed E-state index contributed by atoms with van der Waals surface area (Å²) in [5, 5.41) is 9.22. The molecule has 0 bridgehead atoms. The zero-order chi connectivity index (χ0) is 13.7. The van der Waals surface area contributed by atoms with Crippen molar-refractivity contribution in [2.45, 2.75) is 31.7 Å². The number of aliphatic carboxylic acids is 1. The van der Waals surface area contributed by atoms with E-state index >= 15 is 0 Å². The molecule has 5 heteroatoms. The summed E-state index contributed by atoms with van der Waals surface area (Å²) in [6.07, 6.45) is 4.91. The van der Waals surface area contributed by atoms with E-state index in [2.05, 4.69) is 9.80 Å². The van der Waals surface area contributed by atoms with Gasteiger partial charge in [0.15, 0.2) is 0 Å². The Bertz CT molecular complexity index is 284. The number of carboxylic acid groups (broad SMARTS) is 1. The number of piperidine rings is 1. The minimum atomic E-state index is -0.764. The van der Waals surface area contributed by atoms with Gasteiger partial charge >= 0.3 is 5.97 Å². The molecule has 1 unspecified atom stereocenters. The Morgan fingerprint density at radius 3 is 2.42 bits per heavy atom. The third kappa shape index (κ3) is 4.16. The number of ether oxygens (including phenoxy) is 1. The Kier molecular flexibility index (Phi) is 5.60. The molecular weight excluding hydrogens is 244 g/mol. The molecule has 2 saturated heterocycles. The molecule has 2 rings (SSSR count). The van der Waals surface area contributed by atoms with Gasteiger partial charge in [0.05, 0.1) is 6.61 Å². The van der Waals surface area contributed by atoms with E-state index in [4.69, 9.17) is 4.74 Å². The normalized spacial score (nSPS) is 24.7. The van der Waals surface area contributed by atoms with Crippen LogP contribution >= 0.6 is 0 Å². The van der Waals surface area contributed by atoms with Gasteiger partial charge in [-0.1, -0.05) is 0 Å². The van der Waals surface area contributed by atoms with Crippen LogP contribution in [0.5, 0.6) is 0 Å². The van der Waals surface area contributed by atoms with Crippen molar-refractivity contribution < 1.29 is 14.6 Å². The number of rotatable bonds is 6. The summed E-state index contributed by atoms with van der Waals surface area (Å²) in [7, 11) is 1.57. The van der Waals surface area contributed by atoms with Crippen molar-refractivity contribution in [1.82, 2.24) is 9.80 Å². The molecule has 0 spiro atoms. The second-order valence-corrected chi connectivity index (χ2v) is 5.80. The molecular formula is C14H26N2O3. The Balaban J connectivity index is 1.75. The number of methoxy groups -OCH3 is 1. The average molecular weight is 270 g/mol. The minimum Gasteiger partial charge on any atom is -0.480 e. The van der Waals surface area contributed by atoms with Crippen molar-refractivity contribution >= 4 is 5.97 Å². The van der Waals surface area contributed by atoms with Gasteiger partial charge in [0, 0.05) is 13.7 Å². The van der Waals surface area contributed by atoms with Gasteiger partial charge in [-0.05, 0) is 57.8 Å². The van der Waals surface area contributed by atoms with Gasteiger partial charge < -0.3 is 14.7 Å². The fraction of sp³-hybridized carbons (Fsp3) is 0.929. The topological polar surface area (TPSA) is 53.0 Å². The molecule has 19 heavy (non-hydrogen) atoms. The number of nitrogens with zero attached hydrogens (tertiary/aromatic N) is 2. The molecule has 1 N–H and O–H groups in total. The first-order valence-electron chi connectivity index (χ1n) is 7.39. The molecule has 2 aliphatic rings. The zero-order valence-electron chi connectivity index (χ0n) is 11.9. The first-order valence-corrected chi connectivity index (χ1v) is 7.39. The van der Waals surface area contributed by atoms with Gasteiger partial charge in [0.2, 0.25) is 0 Å². The SMILES string of the molecule is COCC(C(=O)O)N1CCC(CN2CCCC2)CC1. The number of likely N-dealkylation sites (tertiary alicyclic amines) is 2. The highest BCUT2D eigenvalue weighted by Crippen LogP contribution is 2.22. The third-order valence-electron chi connectivity index (χ3n) is 4.41. The highest BCUT2D eigenvalue weighted by molar-refractivity contribution is 5.73. The Hall–Kier alpha value is -0.650. The average Bonchev–Trinajstić information content (AvgIpc) is 2.90. The van der Waals surface area contributed by atoms with E-state index in [1.165, 1.54) is 32.5 Å². The van der Waals surface area contributed by atoms with E-state index in [0.717, 1.165) is 31.8 Å². The molecule has 0 aromatic rings. The van der Waals surface area contributed by atoms with Crippen LogP contribution in [0.2, 0.25) is 0 Å². The molecule has 1 atom stereocenters. The van der Waals surface area contributed by atoms with Crippen LogP contribution in [-0.2, 0) is 9.53 Å². The van der Waals surface area contributed by atoms with Crippen LogP contribution in [0.4, 0.5) is 0 Å². The summed E-state index contributed by atoms with van der Waals surface area (Å²) >= 11 is 0. The van der Waals surface area contributed by atoms with Gasteiger partial charge in [-0.2, -0.15) is 0 Å². The van der Waals surface area contributed by atoms with Gasteiger partial charge in [-0.3, -0.25) is 9.69 Å². The zero-order valence-corrected chi connectivity index (χ0v) is 11.9. The molecule has 2 heterocycles. The lowest BCUT2D eigenvalue weighted by Crippen LogP contribution is -2.49. The number of hydrogen-bond acceptors (Lipinski definition) is 4. The summed E-state index contributed by atoms with van der Waals surface area (Å²) in [5.74, 6) is -0.0221. The van der Waals surface area contributed by atoms with Crippen molar-refractivity contribution in [2.24, 2.45) is 5.92 Å². The fourth-order valence-electron chi connectivity index (χ4n) is 3.27. The van der Waals surface area contributed by atoms with Gasteiger partial charge in [-0.25, -0.2) is 0 Å². The van der Waals surface area contributed by atoms with E-state index in [1.54, 1.807) is 7.11 Å². The largest absolute Gasteiger partial charge is 0.480 e. The Morgan fingerprint density at radius 1 is 1.26 bits per heavy atom. The van der Waals surface area contributed by atoms with Crippen LogP contribution in [0.1, 0.15) is 25.7 Å². The highest BCUT2D eigenvalue weighted by atomic mass is 16.5. The first-order chi connectivity index (χ1) is 9.20. The monoisotopic (exact) mass is 270 g/mol. The fourth-order valence-corrected chi connectivity index (χ4v) is 3.27. The van der Waals surface area contributed by atoms with E-state index < -0.39 is 12.0 Å². The summed E-state index contributed by atoms with van der Waals surface area (Å²) in [4.78, 5) is 15.8. The van der Waals surface area contributed by atoms with Crippen LogP contribution in [0.3, 0.4) is 0 Å². The maximum Gasteiger partial charge on any atom is 0.323 e. The lowest BCUT2D eigenvalue weighted by molar-refractivity contribution is -0.146. The molecule has 2 aliphatic heterocycles. The van der Waals surface area contributed by atoms with Gasteiger partial charge in [-0.15, -0.1) is 0 Å². The lowest BCUT2D eigenvalue weighted by atomic mass is 9.95. The molecule has 0 aliphatic carbocycles. The van der Waals surface area contributed by atoms with Crippen molar-refractivity contribution in [2.75, 3.05) is 46.4 Å². The molecule has 0 aromatic heterocycles. The van der Waals surface area contributed by atoms with Crippen LogP contribution in [-0.4, -0.2) is 73.4 Å². The van der Waals surface area contributed by atoms with Crippen molar-refractivity contribution in [1.29, 1.82) is 0 Å². The van der Waals surface area contributed by atoms with Gasteiger partial charge in [0.1, 0.15) is 6.04 Å². The second-order valence-electron chi connectivity index (χ2n) is 5.80. The van der Waals surface area contributed by atoms with E-state index in [-0.39, 0.29) is 6.61 Å². The molecule has 5 nitrogen and oxygen atoms in total. The minimum absolute atomic E-state index is 0.284. The Morgan fingerprint density at radius 2 is 1.89 bits per heavy atom. The summed E-state index contributed by atoms with van der Waals surface area (Å²) in [6.45, 7) is 5.77. The highest BCUT2D eigenvalue weighted by Gasteiger charge is 2.30. The van der Waals surface area contributed by atoms with Crippen molar-refractivity contribution in [3.05, 3.63) is 0 Å². The number of carbonyl (C=O) groups is 1. The Labute approximate surface area is 115 Å². The third-order valence-corrected chi connectivity index (χ3v) is 4.41. The van der Waals surface area contributed by atoms with Crippen LogP contribution in [0.15, 0.2) is 0 Å².